The van der Waals surface area contributed by atoms with Gasteiger partial charge in [-0.05, 0) is 35.9 Å². The molecule has 0 aliphatic carbocycles. The number of pyridine rings is 1. The van der Waals surface area contributed by atoms with Gasteiger partial charge in [-0.15, -0.1) is 0 Å². The van der Waals surface area contributed by atoms with Crippen molar-refractivity contribution in [3.05, 3.63) is 52.0 Å². The molecule has 100 valence electrons. The van der Waals surface area contributed by atoms with Crippen LogP contribution in [0.3, 0.4) is 0 Å². The molecule has 0 aliphatic rings. The highest BCUT2D eigenvalue weighted by molar-refractivity contribution is 6.35. The van der Waals surface area contributed by atoms with Crippen molar-refractivity contribution >= 4 is 45.7 Å². The first-order valence-corrected chi connectivity index (χ1v) is 6.67. The molecule has 0 amide bonds. The highest BCUT2D eigenvalue weighted by Crippen LogP contribution is 2.34. The molecule has 0 N–H and O–H groups in total. The summed E-state index contributed by atoms with van der Waals surface area (Å²) in [6.45, 7) is 0. The van der Waals surface area contributed by atoms with Crippen molar-refractivity contribution in [1.29, 1.82) is 0 Å². The van der Waals surface area contributed by atoms with Crippen LogP contribution in [-0.2, 0) is 0 Å². The van der Waals surface area contributed by atoms with Crippen molar-refractivity contribution < 1.29 is 4.74 Å². The van der Waals surface area contributed by atoms with E-state index in [2.05, 4.69) is 15.0 Å². The molecule has 0 radical (unpaired) electrons. The van der Waals surface area contributed by atoms with Crippen LogP contribution in [0.4, 0.5) is 0 Å². The van der Waals surface area contributed by atoms with Crippen LogP contribution in [0, 0.1) is 0 Å². The van der Waals surface area contributed by atoms with Gasteiger partial charge in [0.2, 0.25) is 11.2 Å². The first-order chi connectivity index (χ1) is 9.65. The molecule has 0 unspecified atom stereocenters. The van der Waals surface area contributed by atoms with Gasteiger partial charge in [-0.25, -0.2) is 4.98 Å². The van der Waals surface area contributed by atoms with Crippen molar-refractivity contribution in [2.24, 2.45) is 0 Å². The Balaban J connectivity index is 2.11. The van der Waals surface area contributed by atoms with Crippen LogP contribution < -0.4 is 4.74 Å². The Labute approximate surface area is 129 Å². The fourth-order valence-corrected chi connectivity index (χ4v) is 2.17. The van der Waals surface area contributed by atoms with E-state index in [0.717, 1.165) is 5.39 Å². The Morgan fingerprint density at radius 2 is 1.80 bits per heavy atom. The third-order valence-corrected chi connectivity index (χ3v) is 3.34. The second-order valence-corrected chi connectivity index (χ2v) is 4.99. The van der Waals surface area contributed by atoms with Crippen LogP contribution >= 0.6 is 34.8 Å². The van der Waals surface area contributed by atoms with Crippen molar-refractivity contribution in [2.45, 2.75) is 0 Å². The number of nitrogens with zero attached hydrogens (tertiary/aromatic N) is 3. The lowest BCUT2D eigenvalue weighted by Crippen LogP contribution is -1.93. The minimum absolute atomic E-state index is 0.0515. The van der Waals surface area contributed by atoms with Gasteiger partial charge >= 0.3 is 0 Å². The number of rotatable bonds is 2. The van der Waals surface area contributed by atoms with Crippen LogP contribution in [0.2, 0.25) is 15.3 Å². The zero-order valence-electron chi connectivity index (χ0n) is 9.85. The number of hydrogen-bond donors (Lipinski definition) is 0. The molecule has 0 aliphatic heterocycles. The second kappa shape index (κ2) is 5.40. The molecule has 0 fully saturated rings. The normalized spacial score (nSPS) is 10.8. The van der Waals surface area contributed by atoms with Gasteiger partial charge in [-0.1, -0.05) is 23.2 Å². The van der Waals surface area contributed by atoms with Gasteiger partial charge in [-0.2, -0.15) is 4.98 Å². The summed E-state index contributed by atoms with van der Waals surface area (Å²) in [5, 5.41) is 1.68. The highest BCUT2D eigenvalue weighted by Gasteiger charge is 2.11. The number of ether oxygens (including phenoxy) is 1. The van der Waals surface area contributed by atoms with Crippen molar-refractivity contribution in [3.63, 3.8) is 0 Å². The Bertz CT molecular complexity index is 795. The Morgan fingerprint density at radius 1 is 0.950 bits per heavy atom. The Morgan fingerprint density at radius 3 is 2.65 bits per heavy atom. The lowest BCUT2D eigenvalue weighted by molar-refractivity contribution is 0.466. The maximum atomic E-state index is 6.12. The maximum absolute atomic E-state index is 6.12. The second-order valence-electron chi connectivity index (χ2n) is 3.84. The lowest BCUT2D eigenvalue weighted by atomic mass is 10.2. The van der Waals surface area contributed by atoms with E-state index >= 15 is 0 Å². The SMILES string of the molecule is Clc1ncc(Cl)c(Oc2ccc(Cl)c3cccnc23)n1. The van der Waals surface area contributed by atoms with Crippen molar-refractivity contribution in [2.75, 3.05) is 0 Å². The first kappa shape index (κ1) is 13.4. The number of aromatic nitrogens is 3. The number of benzene rings is 1. The van der Waals surface area contributed by atoms with Crippen LogP contribution in [0.25, 0.3) is 10.9 Å². The van der Waals surface area contributed by atoms with Crippen LogP contribution in [-0.4, -0.2) is 15.0 Å². The molecule has 3 aromatic rings. The molecule has 7 heteroatoms. The zero-order chi connectivity index (χ0) is 14.1. The van der Waals surface area contributed by atoms with Gasteiger partial charge in [0.05, 0.1) is 11.2 Å². The summed E-state index contributed by atoms with van der Waals surface area (Å²) in [5.41, 5.74) is 0.616. The van der Waals surface area contributed by atoms with Gasteiger partial charge in [0, 0.05) is 11.6 Å². The van der Waals surface area contributed by atoms with E-state index in [-0.39, 0.29) is 16.2 Å². The maximum Gasteiger partial charge on any atom is 0.242 e. The number of halogens is 3. The highest BCUT2D eigenvalue weighted by atomic mass is 35.5. The standard InChI is InChI=1S/C13H6Cl3N3O/c14-8-3-4-10(11-7(8)2-1-5-17-11)20-12-9(15)6-18-13(16)19-12/h1-6H. The molecular formula is C13H6Cl3N3O. The molecule has 3 rings (SSSR count). The molecule has 0 spiro atoms. The first-order valence-electron chi connectivity index (χ1n) is 5.54. The summed E-state index contributed by atoms with van der Waals surface area (Å²) in [5.74, 6) is 0.655. The molecule has 2 heterocycles. The van der Waals surface area contributed by atoms with Gasteiger partial charge in [0.15, 0.2) is 5.75 Å². The van der Waals surface area contributed by atoms with Gasteiger partial charge in [0.1, 0.15) is 10.5 Å². The van der Waals surface area contributed by atoms with E-state index < -0.39 is 0 Å². The van der Waals surface area contributed by atoms with Gasteiger partial charge < -0.3 is 4.74 Å². The van der Waals surface area contributed by atoms with E-state index in [9.17, 15) is 0 Å². The smallest absolute Gasteiger partial charge is 0.242 e. The molecule has 1 aromatic carbocycles. The van der Waals surface area contributed by atoms with Crippen LogP contribution in [0.15, 0.2) is 36.7 Å². The zero-order valence-corrected chi connectivity index (χ0v) is 12.1. The molecule has 2 aromatic heterocycles. The third-order valence-electron chi connectivity index (χ3n) is 2.57. The minimum atomic E-state index is 0.0515. The number of fused-ring (bicyclic) bond motifs is 1. The summed E-state index contributed by atoms with van der Waals surface area (Å²) in [7, 11) is 0. The third kappa shape index (κ3) is 2.50. The lowest BCUT2D eigenvalue weighted by Gasteiger charge is -2.09. The fraction of sp³-hybridized carbons (Fsp3) is 0. The van der Waals surface area contributed by atoms with E-state index in [1.807, 2.05) is 6.07 Å². The summed E-state index contributed by atoms with van der Waals surface area (Å²) < 4.78 is 5.67. The van der Waals surface area contributed by atoms with E-state index in [0.29, 0.717) is 16.3 Å². The Kier molecular flexibility index (Phi) is 3.61. The van der Waals surface area contributed by atoms with Crippen LogP contribution in [0.1, 0.15) is 0 Å². The molecule has 4 nitrogen and oxygen atoms in total. The molecule has 20 heavy (non-hydrogen) atoms. The minimum Gasteiger partial charge on any atom is -0.435 e. The van der Waals surface area contributed by atoms with E-state index in [1.165, 1.54) is 6.20 Å². The average Bonchev–Trinajstić information content (AvgIpc) is 2.46. The summed E-state index contributed by atoms with van der Waals surface area (Å²) >= 11 is 17.8. The summed E-state index contributed by atoms with van der Waals surface area (Å²) in [4.78, 5) is 12.0. The molecule has 0 saturated carbocycles. The van der Waals surface area contributed by atoms with Crippen LogP contribution in [0.5, 0.6) is 11.6 Å². The molecule has 0 atom stereocenters. The quantitative estimate of drug-likeness (QED) is 0.636. The predicted molar refractivity (Wildman–Crippen MR) is 78.9 cm³/mol. The largest absolute Gasteiger partial charge is 0.435 e. The predicted octanol–water partition coefficient (Wildman–Crippen LogP) is 4.78. The molecular weight excluding hydrogens is 321 g/mol. The Hall–Kier alpha value is -1.62. The number of hydrogen-bond acceptors (Lipinski definition) is 4. The van der Waals surface area contributed by atoms with Crippen molar-refractivity contribution in [1.82, 2.24) is 15.0 Å². The van der Waals surface area contributed by atoms with Crippen molar-refractivity contribution in [3.8, 4) is 11.6 Å². The molecule has 0 bridgehead atoms. The van der Waals surface area contributed by atoms with Gasteiger partial charge in [-0.3, -0.25) is 4.98 Å². The summed E-state index contributed by atoms with van der Waals surface area (Å²) in [6.07, 6.45) is 3.03. The monoisotopic (exact) mass is 325 g/mol. The van der Waals surface area contributed by atoms with Gasteiger partial charge in [0.25, 0.3) is 0 Å². The summed E-state index contributed by atoms with van der Waals surface area (Å²) in [6, 6.07) is 7.07. The van der Waals surface area contributed by atoms with E-state index in [4.69, 9.17) is 39.5 Å². The molecule has 0 saturated heterocycles. The van der Waals surface area contributed by atoms with E-state index in [1.54, 1.807) is 24.4 Å². The fourth-order valence-electron chi connectivity index (χ4n) is 1.70. The topological polar surface area (TPSA) is 47.9 Å². The average molecular weight is 327 g/mol.